The Morgan fingerprint density at radius 1 is 1.03 bits per heavy atom. The lowest BCUT2D eigenvalue weighted by molar-refractivity contribution is -0.117. The van der Waals surface area contributed by atoms with Gasteiger partial charge in [0.05, 0.1) is 17.6 Å². The summed E-state index contributed by atoms with van der Waals surface area (Å²) < 4.78 is 8.14. The average Bonchev–Trinajstić information content (AvgIpc) is 3.36. The van der Waals surface area contributed by atoms with Crippen LogP contribution in [0.2, 0.25) is 5.02 Å². The van der Waals surface area contributed by atoms with Crippen LogP contribution in [0.25, 0.3) is 11.0 Å². The molecule has 1 saturated heterocycles. The SMILES string of the molecule is Cc1ccc(N2C[C@H](c3nc4ccccc4n3CCOc3ccc(Cl)cc3)CC2=O)cc1. The Balaban J connectivity index is 1.39. The first-order valence-electron chi connectivity index (χ1n) is 10.8. The molecule has 1 fully saturated rings. The van der Waals surface area contributed by atoms with Crippen molar-refractivity contribution in [3.8, 4) is 5.75 Å². The molecule has 0 bridgehead atoms. The Morgan fingerprint density at radius 3 is 2.56 bits per heavy atom. The van der Waals surface area contributed by atoms with Gasteiger partial charge in [0, 0.05) is 29.6 Å². The predicted octanol–water partition coefficient (Wildman–Crippen LogP) is 5.60. The average molecular weight is 446 g/mol. The fourth-order valence-electron chi connectivity index (χ4n) is 4.28. The van der Waals surface area contributed by atoms with Crippen LogP contribution in [-0.2, 0) is 11.3 Å². The topological polar surface area (TPSA) is 47.4 Å². The first kappa shape index (κ1) is 20.6. The number of aryl methyl sites for hydroxylation is 1. The molecule has 0 unspecified atom stereocenters. The minimum atomic E-state index is 0.0340. The molecule has 1 amide bonds. The molecule has 4 aromatic rings. The number of ether oxygens (including phenoxy) is 1. The number of amides is 1. The van der Waals surface area contributed by atoms with E-state index in [0.717, 1.165) is 28.3 Å². The molecule has 5 nitrogen and oxygen atoms in total. The van der Waals surface area contributed by atoms with Gasteiger partial charge >= 0.3 is 0 Å². The second kappa shape index (κ2) is 8.67. The Labute approximate surface area is 192 Å². The highest BCUT2D eigenvalue weighted by atomic mass is 35.5. The third kappa shape index (κ3) is 4.08. The van der Waals surface area contributed by atoms with Crippen LogP contribution in [0.1, 0.15) is 23.7 Å². The van der Waals surface area contributed by atoms with Gasteiger partial charge in [-0.1, -0.05) is 41.4 Å². The summed E-state index contributed by atoms with van der Waals surface area (Å²) in [7, 11) is 0. The number of fused-ring (bicyclic) bond motifs is 1. The number of hydrogen-bond acceptors (Lipinski definition) is 3. The monoisotopic (exact) mass is 445 g/mol. The van der Waals surface area contributed by atoms with Crippen LogP contribution in [0.3, 0.4) is 0 Å². The molecule has 1 atom stereocenters. The van der Waals surface area contributed by atoms with Crippen molar-refractivity contribution in [2.24, 2.45) is 0 Å². The Morgan fingerprint density at radius 2 is 1.78 bits per heavy atom. The van der Waals surface area contributed by atoms with E-state index in [-0.39, 0.29) is 11.8 Å². The minimum Gasteiger partial charge on any atom is -0.492 e. The van der Waals surface area contributed by atoms with Gasteiger partial charge in [0.15, 0.2) is 0 Å². The predicted molar refractivity (Wildman–Crippen MR) is 128 cm³/mol. The van der Waals surface area contributed by atoms with Crippen LogP contribution in [0.5, 0.6) is 5.75 Å². The first-order valence-corrected chi connectivity index (χ1v) is 11.2. The van der Waals surface area contributed by atoms with Gasteiger partial charge in [-0.15, -0.1) is 0 Å². The van der Waals surface area contributed by atoms with E-state index in [2.05, 4.69) is 10.6 Å². The maximum atomic E-state index is 12.8. The second-order valence-electron chi connectivity index (χ2n) is 8.15. The molecule has 32 heavy (non-hydrogen) atoms. The standard InChI is InChI=1S/C26H24ClN3O2/c1-18-6-10-21(11-7-18)30-17-19(16-25(30)31)26-28-23-4-2-3-5-24(23)29(26)14-15-32-22-12-8-20(27)9-13-22/h2-13,19H,14-17H2,1H3/t19-/m1/s1. The molecule has 3 aromatic carbocycles. The van der Waals surface area contributed by atoms with E-state index in [4.69, 9.17) is 21.3 Å². The highest BCUT2D eigenvalue weighted by molar-refractivity contribution is 6.30. The zero-order valence-electron chi connectivity index (χ0n) is 17.9. The molecule has 0 spiro atoms. The molecule has 6 heteroatoms. The van der Waals surface area contributed by atoms with Gasteiger partial charge in [-0.2, -0.15) is 0 Å². The number of halogens is 1. The number of nitrogens with zero attached hydrogens (tertiary/aromatic N) is 3. The van der Waals surface area contributed by atoms with Gasteiger partial charge in [0.2, 0.25) is 5.91 Å². The lowest BCUT2D eigenvalue weighted by Gasteiger charge is -2.18. The van der Waals surface area contributed by atoms with Crippen molar-refractivity contribution in [1.29, 1.82) is 0 Å². The van der Waals surface area contributed by atoms with E-state index in [0.29, 0.717) is 31.1 Å². The van der Waals surface area contributed by atoms with E-state index < -0.39 is 0 Å². The molecule has 1 aliphatic heterocycles. The van der Waals surface area contributed by atoms with Crippen molar-refractivity contribution < 1.29 is 9.53 Å². The third-order valence-electron chi connectivity index (χ3n) is 5.92. The van der Waals surface area contributed by atoms with Crippen LogP contribution in [0, 0.1) is 6.92 Å². The molecule has 0 N–H and O–H groups in total. The second-order valence-corrected chi connectivity index (χ2v) is 8.59. The summed E-state index contributed by atoms with van der Waals surface area (Å²) in [6, 6.07) is 23.6. The smallest absolute Gasteiger partial charge is 0.227 e. The van der Waals surface area contributed by atoms with Gasteiger partial charge < -0.3 is 14.2 Å². The van der Waals surface area contributed by atoms with Crippen molar-refractivity contribution in [2.45, 2.75) is 25.8 Å². The van der Waals surface area contributed by atoms with E-state index in [1.807, 2.05) is 78.6 Å². The summed E-state index contributed by atoms with van der Waals surface area (Å²) in [4.78, 5) is 19.6. The largest absolute Gasteiger partial charge is 0.492 e. The number of hydrogen-bond donors (Lipinski definition) is 0. The number of imidazole rings is 1. The zero-order valence-corrected chi connectivity index (χ0v) is 18.6. The van der Waals surface area contributed by atoms with Gasteiger partial charge in [-0.3, -0.25) is 4.79 Å². The van der Waals surface area contributed by atoms with Crippen molar-refractivity contribution in [3.05, 3.63) is 89.2 Å². The highest BCUT2D eigenvalue weighted by Gasteiger charge is 2.34. The quantitative estimate of drug-likeness (QED) is 0.388. The number of rotatable bonds is 6. The Kier molecular flexibility index (Phi) is 5.58. The molecule has 2 heterocycles. The lowest BCUT2D eigenvalue weighted by atomic mass is 10.1. The van der Waals surface area contributed by atoms with Crippen molar-refractivity contribution in [2.75, 3.05) is 18.1 Å². The molecule has 5 rings (SSSR count). The Hall–Kier alpha value is -3.31. The van der Waals surface area contributed by atoms with Crippen molar-refractivity contribution >= 4 is 34.2 Å². The summed E-state index contributed by atoms with van der Waals surface area (Å²) in [5.41, 5.74) is 4.12. The van der Waals surface area contributed by atoms with E-state index in [1.165, 1.54) is 5.56 Å². The fraction of sp³-hybridized carbons (Fsp3) is 0.231. The number of carbonyl (C=O) groups is 1. The number of carbonyl (C=O) groups excluding carboxylic acids is 1. The molecule has 162 valence electrons. The van der Waals surface area contributed by atoms with Crippen LogP contribution in [0.4, 0.5) is 5.69 Å². The van der Waals surface area contributed by atoms with E-state index in [9.17, 15) is 4.79 Å². The van der Waals surface area contributed by atoms with Crippen molar-refractivity contribution in [1.82, 2.24) is 9.55 Å². The molecule has 1 aliphatic rings. The van der Waals surface area contributed by atoms with Crippen LogP contribution >= 0.6 is 11.6 Å². The van der Waals surface area contributed by atoms with Gasteiger partial charge in [-0.25, -0.2) is 4.98 Å². The summed E-state index contributed by atoms with van der Waals surface area (Å²) >= 11 is 5.96. The number of anilines is 1. The molecular weight excluding hydrogens is 422 g/mol. The number of aromatic nitrogens is 2. The highest BCUT2D eigenvalue weighted by Crippen LogP contribution is 2.33. The van der Waals surface area contributed by atoms with Crippen LogP contribution in [-0.4, -0.2) is 28.6 Å². The van der Waals surface area contributed by atoms with Crippen molar-refractivity contribution in [3.63, 3.8) is 0 Å². The number of para-hydroxylation sites is 2. The minimum absolute atomic E-state index is 0.0340. The van der Waals surface area contributed by atoms with Crippen LogP contribution in [0.15, 0.2) is 72.8 Å². The maximum Gasteiger partial charge on any atom is 0.227 e. The van der Waals surface area contributed by atoms with Gasteiger partial charge in [0.1, 0.15) is 18.2 Å². The molecular formula is C26H24ClN3O2. The Bertz CT molecular complexity index is 1250. The summed E-state index contributed by atoms with van der Waals surface area (Å²) in [5, 5.41) is 0.685. The molecule has 1 aromatic heterocycles. The van der Waals surface area contributed by atoms with E-state index in [1.54, 1.807) is 0 Å². The van der Waals surface area contributed by atoms with E-state index >= 15 is 0 Å². The lowest BCUT2D eigenvalue weighted by Crippen LogP contribution is -2.24. The normalized spacial score (nSPS) is 16.1. The molecule has 0 radical (unpaired) electrons. The van der Waals surface area contributed by atoms with Crippen LogP contribution < -0.4 is 9.64 Å². The molecule has 0 saturated carbocycles. The maximum absolute atomic E-state index is 12.8. The zero-order chi connectivity index (χ0) is 22.1. The van der Waals surface area contributed by atoms with Gasteiger partial charge in [-0.05, 0) is 55.5 Å². The number of benzene rings is 3. The van der Waals surface area contributed by atoms with Gasteiger partial charge in [0.25, 0.3) is 0 Å². The summed E-state index contributed by atoms with van der Waals surface area (Å²) in [6.45, 7) is 3.82. The third-order valence-corrected chi connectivity index (χ3v) is 6.17. The first-order chi connectivity index (χ1) is 15.6. The molecule has 0 aliphatic carbocycles. The summed E-state index contributed by atoms with van der Waals surface area (Å²) in [5.74, 6) is 1.89. The summed E-state index contributed by atoms with van der Waals surface area (Å²) in [6.07, 6.45) is 0.454. The fourth-order valence-corrected chi connectivity index (χ4v) is 4.41.